The van der Waals surface area contributed by atoms with Crippen LogP contribution in [0.15, 0.2) is 54.9 Å². The van der Waals surface area contributed by atoms with Gasteiger partial charge in [-0.1, -0.05) is 39.0 Å². The number of benzene rings is 1. The lowest BCUT2D eigenvalue weighted by atomic mass is 9.91. The summed E-state index contributed by atoms with van der Waals surface area (Å²) >= 11 is 0. The summed E-state index contributed by atoms with van der Waals surface area (Å²) in [4.78, 5) is 21.0. The molecular weight excluding hydrogens is 312 g/mol. The fraction of sp³-hybridized carbons (Fsp3) is 0.250. The maximum Gasteiger partial charge on any atom is 0.319 e. The molecule has 0 aliphatic heterocycles. The Hall–Kier alpha value is -2.95. The number of amides is 2. The molecule has 2 amide bonds. The van der Waals surface area contributed by atoms with Gasteiger partial charge in [0, 0.05) is 34.3 Å². The third-order valence-electron chi connectivity index (χ3n) is 3.93. The zero-order valence-electron chi connectivity index (χ0n) is 14.7. The van der Waals surface area contributed by atoms with Crippen LogP contribution in [0.25, 0.3) is 10.8 Å². The number of anilines is 1. The highest BCUT2D eigenvalue weighted by Crippen LogP contribution is 2.22. The number of nitrogens with one attached hydrogen (secondary N) is 2. The van der Waals surface area contributed by atoms with E-state index in [1.165, 1.54) is 0 Å². The summed E-state index contributed by atoms with van der Waals surface area (Å²) in [5.41, 5.74) is 2.59. The number of hydrogen-bond acceptors (Lipinski definition) is 3. The minimum Gasteiger partial charge on any atom is -0.332 e. The first kappa shape index (κ1) is 16.9. The third kappa shape index (κ3) is 4.12. The van der Waals surface area contributed by atoms with Gasteiger partial charge in [-0.2, -0.15) is 0 Å². The van der Waals surface area contributed by atoms with E-state index in [4.69, 9.17) is 0 Å². The molecular formula is C20H22N4O. The van der Waals surface area contributed by atoms with E-state index in [0.717, 1.165) is 27.8 Å². The zero-order chi connectivity index (χ0) is 17.9. The average molecular weight is 334 g/mol. The van der Waals surface area contributed by atoms with Gasteiger partial charge in [-0.05, 0) is 24.3 Å². The topological polar surface area (TPSA) is 66.9 Å². The maximum absolute atomic E-state index is 12.2. The summed E-state index contributed by atoms with van der Waals surface area (Å²) in [7, 11) is 0. The number of aromatic nitrogens is 2. The molecule has 3 aromatic rings. The first-order valence-electron chi connectivity index (χ1n) is 8.27. The third-order valence-corrected chi connectivity index (χ3v) is 3.93. The molecule has 0 saturated carbocycles. The van der Waals surface area contributed by atoms with Crippen molar-refractivity contribution in [3.8, 4) is 0 Å². The first-order valence-corrected chi connectivity index (χ1v) is 8.27. The molecule has 0 aliphatic carbocycles. The number of pyridine rings is 2. The molecule has 0 unspecified atom stereocenters. The number of nitrogens with zero attached hydrogens (tertiary/aromatic N) is 2. The van der Waals surface area contributed by atoms with Crippen LogP contribution in [0.2, 0.25) is 0 Å². The number of urea groups is 1. The van der Waals surface area contributed by atoms with Gasteiger partial charge in [-0.25, -0.2) is 4.79 Å². The highest BCUT2D eigenvalue weighted by Gasteiger charge is 2.15. The fourth-order valence-electron chi connectivity index (χ4n) is 2.56. The Morgan fingerprint density at radius 1 is 1.08 bits per heavy atom. The maximum atomic E-state index is 12.2. The second-order valence-corrected chi connectivity index (χ2v) is 6.97. The van der Waals surface area contributed by atoms with Gasteiger partial charge in [-0.3, -0.25) is 9.97 Å². The average Bonchev–Trinajstić information content (AvgIpc) is 2.60. The van der Waals surface area contributed by atoms with E-state index in [1.54, 1.807) is 12.4 Å². The van der Waals surface area contributed by atoms with Crippen molar-refractivity contribution >= 4 is 22.5 Å². The number of carbonyl (C=O) groups is 1. The molecule has 0 saturated heterocycles. The lowest BCUT2D eigenvalue weighted by molar-refractivity contribution is 0.251. The van der Waals surface area contributed by atoms with Crippen molar-refractivity contribution in [2.45, 2.75) is 32.7 Å². The molecule has 0 bridgehead atoms. The van der Waals surface area contributed by atoms with E-state index < -0.39 is 0 Å². The SMILES string of the molecule is CC(C)(C)c1cccc(CNC(=O)Nc2cccc3cnccc23)n1. The molecule has 0 fully saturated rings. The molecule has 3 rings (SSSR count). The Labute approximate surface area is 147 Å². The van der Waals surface area contributed by atoms with Gasteiger partial charge in [0.25, 0.3) is 0 Å². The van der Waals surface area contributed by atoms with E-state index in [-0.39, 0.29) is 11.4 Å². The minimum atomic E-state index is -0.257. The van der Waals surface area contributed by atoms with Crippen LogP contribution < -0.4 is 10.6 Å². The van der Waals surface area contributed by atoms with Gasteiger partial charge in [-0.15, -0.1) is 0 Å². The summed E-state index contributed by atoms with van der Waals surface area (Å²) in [5, 5.41) is 7.70. The first-order chi connectivity index (χ1) is 11.9. The Kier molecular flexibility index (Phi) is 4.65. The molecule has 128 valence electrons. The van der Waals surface area contributed by atoms with E-state index in [9.17, 15) is 4.79 Å². The highest BCUT2D eigenvalue weighted by molar-refractivity contribution is 6.01. The van der Waals surface area contributed by atoms with Gasteiger partial charge in [0.05, 0.1) is 17.9 Å². The Morgan fingerprint density at radius 2 is 1.88 bits per heavy atom. The number of hydrogen-bond donors (Lipinski definition) is 2. The van der Waals surface area contributed by atoms with Gasteiger partial charge in [0.1, 0.15) is 0 Å². The largest absolute Gasteiger partial charge is 0.332 e. The van der Waals surface area contributed by atoms with Crippen molar-refractivity contribution in [2.24, 2.45) is 0 Å². The highest BCUT2D eigenvalue weighted by atomic mass is 16.2. The Morgan fingerprint density at radius 3 is 2.68 bits per heavy atom. The van der Waals surface area contributed by atoms with Gasteiger partial charge < -0.3 is 10.6 Å². The van der Waals surface area contributed by atoms with Gasteiger partial charge in [0.15, 0.2) is 0 Å². The number of carbonyl (C=O) groups excluding carboxylic acids is 1. The molecule has 5 heteroatoms. The van der Waals surface area contributed by atoms with Crippen molar-refractivity contribution in [3.05, 3.63) is 66.2 Å². The zero-order valence-corrected chi connectivity index (χ0v) is 14.7. The van der Waals surface area contributed by atoms with Crippen molar-refractivity contribution in [2.75, 3.05) is 5.32 Å². The predicted molar refractivity (Wildman–Crippen MR) is 101 cm³/mol. The van der Waals surface area contributed by atoms with Gasteiger partial charge in [0.2, 0.25) is 0 Å². The van der Waals surface area contributed by atoms with Crippen LogP contribution >= 0.6 is 0 Å². The van der Waals surface area contributed by atoms with Crippen LogP contribution in [0.5, 0.6) is 0 Å². The quantitative estimate of drug-likeness (QED) is 0.752. The molecule has 25 heavy (non-hydrogen) atoms. The summed E-state index contributed by atoms with van der Waals surface area (Å²) in [5.74, 6) is 0. The molecule has 2 heterocycles. The second-order valence-electron chi connectivity index (χ2n) is 6.97. The lowest BCUT2D eigenvalue weighted by Crippen LogP contribution is -2.29. The van der Waals surface area contributed by atoms with Crippen molar-refractivity contribution in [3.63, 3.8) is 0 Å². The van der Waals surface area contributed by atoms with E-state index >= 15 is 0 Å². The molecule has 5 nitrogen and oxygen atoms in total. The van der Waals surface area contributed by atoms with Crippen LogP contribution in [-0.4, -0.2) is 16.0 Å². The van der Waals surface area contributed by atoms with Crippen molar-refractivity contribution < 1.29 is 4.79 Å². The van der Waals surface area contributed by atoms with Crippen LogP contribution in [0.1, 0.15) is 32.2 Å². The standard InChI is InChI=1S/C20H22N4O/c1-20(2,3)18-9-5-7-15(23-18)13-22-19(25)24-17-8-4-6-14-12-21-11-10-16(14)17/h4-12H,13H2,1-3H3,(H2,22,24,25). The molecule has 1 aromatic carbocycles. The van der Waals surface area contributed by atoms with Gasteiger partial charge >= 0.3 is 6.03 Å². The molecule has 0 spiro atoms. The Bertz CT molecular complexity index is 894. The number of rotatable bonds is 3. The van der Waals surface area contributed by atoms with E-state index in [0.29, 0.717) is 6.54 Å². The summed E-state index contributed by atoms with van der Waals surface area (Å²) in [6.45, 7) is 6.74. The van der Waals surface area contributed by atoms with Crippen molar-refractivity contribution in [1.82, 2.24) is 15.3 Å². The monoisotopic (exact) mass is 334 g/mol. The smallest absolute Gasteiger partial charge is 0.319 e. The molecule has 2 N–H and O–H groups in total. The van der Waals surface area contributed by atoms with E-state index in [2.05, 4.69) is 41.4 Å². The minimum absolute atomic E-state index is 0.0186. The fourth-order valence-corrected chi connectivity index (χ4v) is 2.56. The summed E-state index contributed by atoms with van der Waals surface area (Å²) in [6.07, 6.45) is 3.49. The van der Waals surface area contributed by atoms with E-state index in [1.807, 2.05) is 42.5 Å². The molecule has 0 atom stereocenters. The lowest BCUT2D eigenvalue weighted by Gasteiger charge is -2.18. The second kappa shape index (κ2) is 6.89. The van der Waals surface area contributed by atoms with Crippen molar-refractivity contribution in [1.29, 1.82) is 0 Å². The van der Waals surface area contributed by atoms with Crippen LogP contribution in [0.3, 0.4) is 0 Å². The normalized spacial score (nSPS) is 11.3. The summed E-state index contributed by atoms with van der Waals surface area (Å²) in [6, 6.07) is 13.3. The van der Waals surface area contributed by atoms with Crippen LogP contribution in [0, 0.1) is 0 Å². The Balaban J connectivity index is 1.67. The predicted octanol–water partition coefficient (Wildman–Crippen LogP) is 4.25. The molecule has 0 radical (unpaired) electrons. The summed E-state index contributed by atoms with van der Waals surface area (Å²) < 4.78 is 0. The number of fused-ring (bicyclic) bond motifs is 1. The van der Waals surface area contributed by atoms with Crippen LogP contribution in [0.4, 0.5) is 10.5 Å². The molecule has 0 aliphatic rings. The molecule has 2 aromatic heterocycles. The van der Waals surface area contributed by atoms with Crippen LogP contribution in [-0.2, 0) is 12.0 Å².